The SMILES string of the molecule is CCC(CC)(CC)Nc1nc(Cl)ncc1Cl. The Morgan fingerprint density at radius 2 is 1.75 bits per heavy atom. The van der Waals surface area contributed by atoms with Gasteiger partial charge in [-0.3, -0.25) is 0 Å². The average molecular weight is 262 g/mol. The van der Waals surface area contributed by atoms with Gasteiger partial charge in [-0.2, -0.15) is 4.98 Å². The third-order valence-electron chi connectivity index (χ3n) is 3.13. The summed E-state index contributed by atoms with van der Waals surface area (Å²) < 4.78 is 0. The Morgan fingerprint density at radius 1 is 1.19 bits per heavy atom. The van der Waals surface area contributed by atoms with Gasteiger partial charge in [0.15, 0.2) is 0 Å². The van der Waals surface area contributed by atoms with Gasteiger partial charge in [0.1, 0.15) is 10.8 Å². The Balaban J connectivity index is 2.97. The normalized spacial score (nSPS) is 11.6. The van der Waals surface area contributed by atoms with Crippen LogP contribution in [0.2, 0.25) is 10.3 Å². The molecule has 90 valence electrons. The lowest BCUT2D eigenvalue weighted by Gasteiger charge is -2.32. The van der Waals surface area contributed by atoms with Crippen LogP contribution in [0.15, 0.2) is 6.20 Å². The molecule has 0 bridgehead atoms. The molecule has 0 atom stereocenters. The van der Waals surface area contributed by atoms with Crippen LogP contribution in [0.25, 0.3) is 0 Å². The van der Waals surface area contributed by atoms with E-state index in [1.54, 1.807) is 0 Å². The molecule has 1 aromatic rings. The molecule has 1 N–H and O–H groups in total. The molecule has 0 fully saturated rings. The molecular weight excluding hydrogens is 245 g/mol. The molecule has 0 unspecified atom stereocenters. The van der Waals surface area contributed by atoms with Crippen LogP contribution in [-0.4, -0.2) is 15.5 Å². The lowest BCUT2D eigenvalue weighted by Crippen LogP contribution is -2.36. The molecule has 1 rings (SSSR count). The summed E-state index contributed by atoms with van der Waals surface area (Å²) >= 11 is 11.8. The first kappa shape index (κ1) is 13.5. The fraction of sp³-hybridized carbons (Fsp3) is 0.636. The van der Waals surface area contributed by atoms with Crippen molar-refractivity contribution in [2.45, 2.75) is 45.6 Å². The number of halogens is 2. The first-order chi connectivity index (χ1) is 7.56. The lowest BCUT2D eigenvalue weighted by molar-refractivity contribution is 0.419. The zero-order chi connectivity index (χ0) is 12.2. The fourth-order valence-electron chi connectivity index (χ4n) is 1.70. The van der Waals surface area contributed by atoms with Crippen molar-refractivity contribution in [1.29, 1.82) is 0 Å². The molecule has 0 aliphatic carbocycles. The fourth-order valence-corrected chi connectivity index (χ4v) is 1.97. The minimum Gasteiger partial charge on any atom is -0.363 e. The van der Waals surface area contributed by atoms with Crippen LogP contribution in [0.5, 0.6) is 0 Å². The molecule has 0 amide bonds. The van der Waals surface area contributed by atoms with E-state index >= 15 is 0 Å². The van der Waals surface area contributed by atoms with Crippen molar-refractivity contribution < 1.29 is 0 Å². The topological polar surface area (TPSA) is 37.8 Å². The number of nitrogens with zero attached hydrogens (tertiary/aromatic N) is 2. The van der Waals surface area contributed by atoms with Crippen LogP contribution in [0.3, 0.4) is 0 Å². The van der Waals surface area contributed by atoms with E-state index < -0.39 is 0 Å². The van der Waals surface area contributed by atoms with Gasteiger partial charge >= 0.3 is 0 Å². The van der Waals surface area contributed by atoms with Crippen molar-refractivity contribution >= 4 is 29.0 Å². The Bertz CT molecular complexity index is 343. The lowest BCUT2D eigenvalue weighted by atomic mass is 9.90. The summed E-state index contributed by atoms with van der Waals surface area (Å²) in [6.45, 7) is 6.45. The number of anilines is 1. The van der Waals surface area contributed by atoms with Gasteiger partial charge in [0, 0.05) is 5.54 Å². The molecule has 16 heavy (non-hydrogen) atoms. The zero-order valence-electron chi connectivity index (χ0n) is 9.85. The highest BCUT2D eigenvalue weighted by atomic mass is 35.5. The van der Waals surface area contributed by atoms with Crippen molar-refractivity contribution in [3.8, 4) is 0 Å². The summed E-state index contributed by atoms with van der Waals surface area (Å²) in [6, 6.07) is 0. The number of aromatic nitrogens is 2. The smallest absolute Gasteiger partial charge is 0.224 e. The molecule has 1 aromatic heterocycles. The first-order valence-corrected chi connectivity index (χ1v) is 6.28. The average Bonchev–Trinajstić information content (AvgIpc) is 2.31. The van der Waals surface area contributed by atoms with Gasteiger partial charge < -0.3 is 5.32 Å². The summed E-state index contributed by atoms with van der Waals surface area (Å²) in [7, 11) is 0. The second kappa shape index (κ2) is 5.69. The molecule has 0 spiro atoms. The van der Waals surface area contributed by atoms with Crippen molar-refractivity contribution in [1.82, 2.24) is 9.97 Å². The van der Waals surface area contributed by atoms with E-state index in [9.17, 15) is 0 Å². The number of hydrogen-bond donors (Lipinski definition) is 1. The van der Waals surface area contributed by atoms with Gasteiger partial charge in [0.25, 0.3) is 0 Å². The predicted octanol–water partition coefficient (Wildman–Crippen LogP) is 4.16. The second-order valence-electron chi connectivity index (χ2n) is 3.80. The standard InChI is InChI=1S/C11H17Cl2N3/c1-4-11(5-2,6-3)16-9-8(12)7-14-10(13)15-9/h7H,4-6H2,1-3H3,(H,14,15,16). The van der Waals surface area contributed by atoms with Gasteiger partial charge in [-0.05, 0) is 30.9 Å². The molecule has 0 aliphatic heterocycles. The quantitative estimate of drug-likeness (QED) is 0.809. The van der Waals surface area contributed by atoms with E-state index in [-0.39, 0.29) is 10.8 Å². The summed E-state index contributed by atoms with van der Waals surface area (Å²) in [6.07, 6.45) is 4.55. The Kier molecular flexibility index (Phi) is 4.81. The van der Waals surface area contributed by atoms with Crippen molar-refractivity contribution in [3.63, 3.8) is 0 Å². The largest absolute Gasteiger partial charge is 0.363 e. The number of rotatable bonds is 5. The highest BCUT2D eigenvalue weighted by Gasteiger charge is 2.25. The van der Waals surface area contributed by atoms with Gasteiger partial charge in [-0.25, -0.2) is 4.98 Å². The van der Waals surface area contributed by atoms with Crippen LogP contribution < -0.4 is 5.32 Å². The van der Waals surface area contributed by atoms with E-state index in [2.05, 4.69) is 36.1 Å². The monoisotopic (exact) mass is 261 g/mol. The Labute approximate surface area is 107 Å². The molecule has 0 radical (unpaired) electrons. The first-order valence-electron chi connectivity index (χ1n) is 5.53. The van der Waals surface area contributed by atoms with E-state index in [0.717, 1.165) is 19.3 Å². The minimum absolute atomic E-state index is 0.0291. The molecular formula is C11H17Cl2N3. The maximum atomic E-state index is 6.03. The maximum Gasteiger partial charge on any atom is 0.224 e. The Morgan fingerprint density at radius 3 is 2.25 bits per heavy atom. The summed E-state index contributed by atoms with van der Waals surface area (Å²) in [5, 5.41) is 4.10. The van der Waals surface area contributed by atoms with Crippen molar-refractivity contribution in [2.75, 3.05) is 5.32 Å². The van der Waals surface area contributed by atoms with E-state index in [1.165, 1.54) is 6.20 Å². The van der Waals surface area contributed by atoms with Crippen LogP contribution in [0.4, 0.5) is 5.82 Å². The van der Waals surface area contributed by atoms with Gasteiger partial charge in [-0.15, -0.1) is 0 Å². The van der Waals surface area contributed by atoms with Crippen molar-refractivity contribution in [3.05, 3.63) is 16.5 Å². The van der Waals surface area contributed by atoms with E-state index in [1.807, 2.05) is 0 Å². The molecule has 3 nitrogen and oxygen atoms in total. The number of hydrogen-bond acceptors (Lipinski definition) is 3. The van der Waals surface area contributed by atoms with Crippen LogP contribution >= 0.6 is 23.2 Å². The maximum absolute atomic E-state index is 6.03. The predicted molar refractivity (Wildman–Crippen MR) is 69.3 cm³/mol. The third-order valence-corrected chi connectivity index (χ3v) is 3.59. The van der Waals surface area contributed by atoms with Gasteiger partial charge in [-0.1, -0.05) is 32.4 Å². The molecule has 0 saturated carbocycles. The molecule has 0 aromatic carbocycles. The third kappa shape index (κ3) is 2.98. The number of nitrogens with one attached hydrogen (secondary N) is 1. The summed E-state index contributed by atoms with van der Waals surface area (Å²) in [4.78, 5) is 7.94. The van der Waals surface area contributed by atoms with Crippen LogP contribution in [0, 0.1) is 0 Å². The highest BCUT2D eigenvalue weighted by Crippen LogP contribution is 2.28. The van der Waals surface area contributed by atoms with E-state index in [0.29, 0.717) is 10.8 Å². The van der Waals surface area contributed by atoms with Gasteiger partial charge in [0.05, 0.1) is 6.20 Å². The summed E-state index contributed by atoms with van der Waals surface area (Å²) in [5.74, 6) is 0.618. The summed E-state index contributed by atoms with van der Waals surface area (Å²) in [5.41, 5.74) is 0.0291. The van der Waals surface area contributed by atoms with E-state index in [4.69, 9.17) is 23.2 Å². The second-order valence-corrected chi connectivity index (χ2v) is 4.55. The minimum atomic E-state index is 0.0291. The molecule has 5 heteroatoms. The van der Waals surface area contributed by atoms with Crippen LogP contribution in [-0.2, 0) is 0 Å². The van der Waals surface area contributed by atoms with Gasteiger partial charge in [0.2, 0.25) is 5.28 Å². The van der Waals surface area contributed by atoms with Crippen molar-refractivity contribution in [2.24, 2.45) is 0 Å². The molecule has 0 aliphatic rings. The molecule has 1 heterocycles. The Hall–Kier alpha value is -0.540. The molecule has 0 saturated heterocycles. The highest BCUT2D eigenvalue weighted by molar-refractivity contribution is 6.33. The zero-order valence-corrected chi connectivity index (χ0v) is 11.4. The van der Waals surface area contributed by atoms with Crippen LogP contribution in [0.1, 0.15) is 40.0 Å².